The summed E-state index contributed by atoms with van der Waals surface area (Å²) in [4.78, 5) is 2.51. The maximum Gasteiger partial charge on any atom is 0.0541 e. The second kappa shape index (κ2) is 6.36. The number of hydrogen-bond acceptors (Lipinski definition) is 3. The lowest BCUT2D eigenvalue weighted by Crippen LogP contribution is -2.45. The van der Waals surface area contributed by atoms with Crippen molar-refractivity contribution in [2.24, 2.45) is 11.3 Å². The van der Waals surface area contributed by atoms with E-state index in [4.69, 9.17) is 0 Å². The summed E-state index contributed by atoms with van der Waals surface area (Å²) in [6.45, 7) is 5.52. The Morgan fingerprint density at radius 2 is 1.78 bits per heavy atom. The second-order valence-corrected chi connectivity index (χ2v) is 6.57. The number of likely N-dealkylation sites (tertiary alicyclic amines) is 1. The van der Waals surface area contributed by atoms with E-state index in [0.29, 0.717) is 12.5 Å². The molecule has 0 amide bonds. The standard InChI is InChI=1S/C15H29NO2/c1-13(18)14-5-9-16(10-6-14)11-15(12-17)7-3-2-4-8-15/h13-14,17-18H,2-12H2,1H3. The molecule has 1 saturated carbocycles. The predicted molar refractivity (Wildman–Crippen MR) is 73.4 cm³/mol. The Labute approximate surface area is 111 Å². The van der Waals surface area contributed by atoms with E-state index >= 15 is 0 Å². The van der Waals surface area contributed by atoms with E-state index in [1.54, 1.807) is 0 Å². The molecule has 106 valence electrons. The van der Waals surface area contributed by atoms with Crippen LogP contribution in [0.1, 0.15) is 51.9 Å². The molecule has 0 aromatic carbocycles. The zero-order valence-corrected chi connectivity index (χ0v) is 11.8. The third-order valence-electron chi connectivity index (χ3n) is 5.12. The van der Waals surface area contributed by atoms with Gasteiger partial charge in [-0.25, -0.2) is 0 Å². The molecule has 2 rings (SSSR count). The Hall–Kier alpha value is -0.120. The summed E-state index contributed by atoms with van der Waals surface area (Å²) in [5, 5.41) is 19.4. The maximum atomic E-state index is 9.75. The second-order valence-electron chi connectivity index (χ2n) is 6.57. The molecule has 0 spiro atoms. The van der Waals surface area contributed by atoms with Crippen molar-refractivity contribution in [1.29, 1.82) is 0 Å². The van der Waals surface area contributed by atoms with Gasteiger partial charge in [-0.1, -0.05) is 19.3 Å². The summed E-state index contributed by atoms with van der Waals surface area (Å²) in [6.07, 6.45) is 8.35. The van der Waals surface area contributed by atoms with E-state index in [2.05, 4.69) is 4.90 Å². The normalized spacial score (nSPS) is 28.2. The van der Waals surface area contributed by atoms with Crippen LogP contribution in [0.2, 0.25) is 0 Å². The summed E-state index contributed by atoms with van der Waals surface area (Å²) >= 11 is 0. The van der Waals surface area contributed by atoms with Crippen molar-refractivity contribution < 1.29 is 10.2 Å². The van der Waals surface area contributed by atoms with Gasteiger partial charge in [-0.15, -0.1) is 0 Å². The summed E-state index contributed by atoms with van der Waals surface area (Å²) in [6, 6.07) is 0. The first kappa shape index (κ1) is 14.3. The van der Waals surface area contributed by atoms with Gasteiger partial charge in [0, 0.05) is 18.6 Å². The van der Waals surface area contributed by atoms with Gasteiger partial charge in [-0.3, -0.25) is 0 Å². The smallest absolute Gasteiger partial charge is 0.0541 e. The Morgan fingerprint density at radius 1 is 1.17 bits per heavy atom. The van der Waals surface area contributed by atoms with Crippen molar-refractivity contribution >= 4 is 0 Å². The quantitative estimate of drug-likeness (QED) is 0.808. The highest BCUT2D eigenvalue weighted by atomic mass is 16.3. The van der Waals surface area contributed by atoms with Gasteiger partial charge in [0.25, 0.3) is 0 Å². The number of rotatable bonds is 4. The fourth-order valence-electron chi connectivity index (χ4n) is 3.74. The van der Waals surface area contributed by atoms with Crippen molar-refractivity contribution in [3.8, 4) is 0 Å². The molecule has 1 atom stereocenters. The van der Waals surface area contributed by atoms with Crippen LogP contribution >= 0.6 is 0 Å². The molecule has 2 N–H and O–H groups in total. The highest BCUT2D eigenvalue weighted by molar-refractivity contribution is 4.87. The largest absolute Gasteiger partial charge is 0.396 e. The van der Waals surface area contributed by atoms with Gasteiger partial charge >= 0.3 is 0 Å². The molecule has 1 unspecified atom stereocenters. The fourth-order valence-corrected chi connectivity index (χ4v) is 3.74. The summed E-state index contributed by atoms with van der Waals surface area (Å²) in [5.74, 6) is 0.484. The highest BCUT2D eigenvalue weighted by Crippen LogP contribution is 2.37. The lowest BCUT2D eigenvalue weighted by Gasteiger charge is -2.42. The number of hydrogen-bond donors (Lipinski definition) is 2. The zero-order valence-electron chi connectivity index (χ0n) is 11.8. The van der Waals surface area contributed by atoms with E-state index in [-0.39, 0.29) is 11.5 Å². The third kappa shape index (κ3) is 3.46. The maximum absolute atomic E-state index is 9.75. The Bertz CT molecular complexity index is 241. The molecule has 0 aromatic heterocycles. The summed E-state index contributed by atoms with van der Waals surface area (Å²) < 4.78 is 0. The SMILES string of the molecule is CC(O)C1CCN(CC2(CO)CCCCC2)CC1. The van der Waals surface area contributed by atoms with Crippen LogP contribution in [0, 0.1) is 11.3 Å². The molecular formula is C15H29NO2. The molecule has 1 heterocycles. The first-order chi connectivity index (χ1) is 8.65. The van der Waals surface area contributed by atoms with E-state index in [1.807, 2.05) is 6.92 Å². The first-order valence-corrected chi connectivity index (χ1v) is 7.66. The minimum Gasteiger partial charge on any atom is -0.396 e. The molecular weight excluding hydrogens is 226 g/mol. The van der Waals surface area contributed by atoms with Crippen LogP contribution < -0.4 is 0 Å². The highest BCUT2D eigenvalue weighted by Gasteiger charge is 2.34. The lowest BCUT2D eigenvalue weighted by molar-refractivity contribution is 0.0139. The van der Waals surface area contributed by atoms with Crippen LogP contribution in [0.4, 0.5) is 0 Å². The molecule has 1 saturated heterocycles. The van der Waals surface area contributed by atoms with Crippen molar-refractivity contribution in [1.82, 2.24) is 4.90 Å². The number of aliphatic hydroxyl groups excluding tert-OH is 2. The molecule has 0 aromatic rings. The molecule has 1 aliphatic carbocycles. The monoisotopic (exact) mass is 255 g/mol. The molecule has 2 aliphatic rings. The Kier molecular flexibility index (Phi) is 5.05. The van der Waals surface area contributed by atoms with E-state index in [9.17, 15) is 10.2 Å². The van der Waals surface area contributed by atoms with Crippen molar-refractivity contribution in [2.75, 3.05) is 26.2 Å². The molecule has 3 nitrogen and oxygen atoms in total. The van der Waals surface area contributed by atoms with E-state index in [1.165, 1.54) is 32.1 Å². The average Bonchev–Trinajstić information content (AvgIpc) is 2.40. The summed E-state index contributed by atoms with van der Waals surface area (Å²) in [7, 11) is 0. The molecule has 1 aliphatic heterocycles. The van der Waals surface area contributed by atoms with Gasteiger partial charge in [-0.05, 0) is 51.6 Å². The van der Waals surface area contributed by atoms with Gasteiger partial charge in [0.05, 0.1) is 6.10 Å². The van der Waals surface area contributed by atoms with E-state index < -0.39 is 0 Å². The number of piperidine rings is 1. The predicted octanol–water partition coefficient (Wildman–Crippen LogP) is 2.02. The topological polar surface area (TPSA) is 43.7 Å². The first-order valence-electron chi connectivity index (χ1n) is 7.66. The molecule has 18 heavy (non-hydrogen) atoms. The van der Waals surface area contributed by atoms with Crippen LogP contribution in [0.3, 0.4) is 0 Å². The molecule has 0 bridgehead atoms. The molecule has 3 heteroatoms. The Morgan fingerprint density at radius 3 is 2.28 bits per heavy atom. The average molecular weight is 255 g/mol. The van der Waals surface area contributed by atoms with Crippen LogP contribution in [-0.4, -0.2) is 47.5 Å². The van der Waals surface area contributed by atoms with Crippen LogP contribution in [0.25, 0.3) is 0 Å². The van der Waals surface area contributed by atoms with Crippen molar-refractivity contribution in [2.45, 2.75) is 58.0 Å². The number of aliphatic hydroxyl groups is 2. The van der Waals surface area contributed by atoms with Crippen molar-refractivity contribution in [3.05, 3.63) is 0 Å². The molecule has 2 fully saturated rings. The minimum atomic E-state index is -0.159. The summed E-state index contributed by atoms with van der Waals surface area (Å²) in [5.41, 5.74) is 0.177. The minimum absolute atomic E-state index is 0.159. The lowest BCUT2D eigenvalue weighted by atomic mass is 9.74. The zero-order chi connectivity index (χ0) is 13.0. The van der Waals surface area contributed by atoms with Crippen LogP contribution in [-0.2, 0) is 0 Å². The van der Waals surface area contributed by atoms with Crippen LogP contribution in [0.5, 0.6) is 0 Å². The van der Waals surface area contributed by atoms with Gasteiger partial charge in [-0.2, -0.15) is 0 Å². The third-order valence-corrected chi connectivity index (χ3v) is 5.12. The van der Waals surface area contributed by atoms with Crippen LogP contribution in [0.15, 0.2) is 0 Å². The van der Waals surface area contributed by atoms with Gasteiger partial charge < -0.3 is 15.1 Å². The van der Waals surface area contributed by atoms with Gasteiger partial charge in [0.1, 0.15) is 0 Å². The van der Waals surface area contributed by atoms with Gasteiger partial charge in [0.2, 0.25) is 0 Å². The fraction of sp³-hybridized carbons (Fsp3) is 1.00. The molecule has 0 radical (unpaired) electrons. The van der Waals surface area contributed by atoms with Gasteiger partial charge in [0.15, 0.2) is 0 Å². The number of nitrogens with zero attached hydrogens (tertiary/aromatic N) is 1. The Balaban J connectivity index is 1.82. The van der Waals surface area contributed by atoms with Crippen molar-refractivity contribution in [3.63, 3.8) is 0 Å². The van der Waals surface area contributed by atoms with E-state index in [0.717, 1.165) is 32.5 Å².